The Bertz CT molecular complexity index is 577. The minimum Gasteiger partial charge on any atom is -0.313 e. The van der Waals surface area contributed by atoms with Crippen LogP contribution in [-0.2, 0) is 6.54 Å². The summed E-state index contributed by atoms with van der Waals surface area (Å²) in [4.78, 5) is 0. The fourth-order valence-corrected chi connectivity index (χ4v) is 3.03. The molecule has 1 heterocycles. The highest BCUT2D eigenvalue weighted by molar-refractivity contribution is 5.68. The maximum absolute atomic E-state index is 4.67. The quantitative estimate of drug-likeness (QED) is 0.860. The molecule has 3 heteroatoms. The van der Waals surface area contributed by atoms with Gasteiger partial charge in [-0.3, -0.25) is 4.68 Å². The average Bonchev–Trinajstić information content (AvgIpc) is 2.76. The average molecular weight is 285 g/mol. The van der Waals surface area contributed by atoms with Gasteiger partial charge in [-0.15, -0.1) is 0 Å². The molecule has 1 atom stereocenters. The largest absolute Gasteiger partial charge is 0.313 e. The second kappa shape index (κ2) is 6.90. The minimum atomic E-state index is 0.434. The van der Waals surface area contributed by atoms with Crippen LogP contribution in [0.1, 0.15) is 49.7 Å². The second-order valence-corrected chi connectivity index (χ2v) is 5.64. The molecule has 1 unspecified atom stereocenters. The lowest BCUT2D eigenvalue weighted by Crippen LogP contribution is -2.14. The summed E-state index contributed by atoms with van der Waals surface area (Å²) in [5.74, 6) is 0. The first-order valence-corrected chi connectivity index (χ1v) is 7.93. The Morgan fingerprint density at radius 3 is 2.33 bits per heavy atom. The highest BCUT2D eigenvalue weighted by Crippen LogP contribution is 2.28. The van der Waals surface area contributed by atoms with Crippen molar-refractivity contribution in [1.29, 1.82) is 0 Å². The summed E-state index contributed by atoms with van der Waals surface area (Å²) in [7, 11) is 2.02. The van der Waals surface area contributed by atoms with E-state index < -0.39 is 0 Å². The van der Waals surface area contributed by atoms with Crippen molar-refractivity contribution in [3.8, 4) is 11.1 Å². The highest BCUT2D eigenvalue weighted by Gasteiger charge is 2.13. The Balaban J connectivity index is 2.35. The Morgan fingerprint density at radius 1 is 1.14 bits per heavy atom. The van der Waals surface area contributed by atoms with Gasteiger partial charge in [-0.05, 0) is 44.9 Å². The van der Waals surface area contributed by atoms with Crippen LogP contribution in [0.2, 0.25) is 0 Å². The molecule has 2 rings (SSSR count). The van der Waals surface area contributed by atoms with Gasteiger partial charge in [0.25, 0.3) is 0 Å². The fourth-order valence-electron chi connectivity index (χ4n) is 3.03. The SMILES string of the molecule is CCCn1nc(C)c(-c2ccc(C(CC)NC)cc2)c1C. The molecular weight excluding hydrogens is 258 g/mol. The van der Waals surface area contributed by atoms with Gasteiger partial charge in [-0.2, -0.15) is 5.10 Å². The first kappa shape index (κ1) is 15.8. The zero-order chi connectivity index (χ0) is 15.4. The van der Waals surface area contributed by atoms with E-state index in [1.54, 1.807) is 0 Å². The van der Waals surface area contributed by atoms with Gasteiger partial charge < -0.3 is 5.32 Å². The van der Waals surface area contributed by atoms with Gasteiger partial charge >= 0.3 is 0 Å². The van der Waals surface area contributed by atoms with E-state index in [4.69, 9.17) is 0 Å². The Labute approximate surface area is 128 Å². The summed E-state index contributed by atoms with van der Waals surface area (Å²) in [6.07, 6.45) is 2.21. The monoisotopic (exact) mass is 285 g/mol. The van der Waals surface area contributed by atoms with Gasteiger partial charge in [-0.25, -0.2) is 0 Å². The molecule has 1 aromatic heterocycles. The van der Waals surface area contributed by atoms with Crippen molar-refractivity contribution in [3.05, 3.63) is 41.2 Å². The standard InChI is InChI=1S/C18H27N3/c1-6-12-21-14(4)18(13(3)20-21)16-10-8-15(9-11-16)17(7-2)19-5/h8-11,17,19H,6-7,12H2,1-5H3. The van der Waals surface area contributed by atoms with Gasteiger partial charge in [0.05, 0.1) is 5.69 Å². The molecule has 0 aliphatic heterocycles. The molecule has 1 aromatic carbocycles. The zero-order valence-corrected chi connectivity index (χ0v) is 13.9. The number of nitrogens with one attached hydrogen (secondary N) is 1. The lowest BCUT2D eigenvalue weighted by molar-refractivity contribution is 0.577. The first-order valence-electron chi connectivity index (χ1n) is 7.93. The van der Waals surface area contributed by atoms with Gasteiger partial charge in [0.2, 0.25) is 0 Å². The molecular formula is C18H27N3. The number of benzene rings is 1. The summed E-state index contributed by atoms with van der Waals surface area (Å²) in [6, 6.07) is 9.35. The Kier molecular flexibility index (Phi) is 5.18. The minimum absolute atomic E-state index is 0.434. The van der Waals surface area contributed by atoms with Crippen LogP contribution >= 0.6 is 0 Å². The van der Waals surface area contributed by atoms with Gasteiger partial charge in [0, 0.05) is 23.8 Å². The normalized spacial score (nSPS) is 12.6. The second-order valence-electron chi connectivity index (χ2n) is 5.64. The predicted molar refractivity (Wildman–Crippen MR) is 89.5 cm³/mol. The van der Waals surface area contributed by atoms with Crippen LogP contribution in [0.3, 0.4) is 0 Å². The molecule has 0 bridgehead atoms. The molecule has 0 spiro atoms. The third-order valence-electron chi connectivity index (χ3n) is 4.18. The smallest absolute Gasteiger partial charge is 0.0674 e. The third kappa shape index (κ3) is 3.18. The van der Waals surface area contributed by atoms with E-state index in [2.05, 4.69) is 67.1 Å². The van der Waals surface area contributed by atoms with E-state index in [0.29, 0.717) is 6.04 Å². The molecule has 0 aliphatic rings. The molecule has 114 valence electrons. The number of aromatic nitrogens is 2. The van der Waals surface area contributed by atoms with Crippen LogP contribution in [0.4, 0.5) is 0 Å². The van der Waals surface area contributed by atoms with E-state index in [9.17, 15) is 0 Å². The Morgan fingerprint density at radius 2 is 1.81 bits per heavy atom. The van der Waals surface area contributed by atoms with Gasteiger partial charge in [-0.1, -0.05) is 38.1 Å². The van der Waals surface area contributed by atoms with Crippen molar-refractivity contribution in [2.45, 2.75) is 53.1 Å². The molecule has 1 N–H and O–H groups in total. The maximum atomic E-state index is 4.67. The molecule has 0 amide bonds. The number of nitrogens with zero attached hydrogens (tertiary/aromatic N) is 2. The third-order valence-corrected chi connectivity index (χ3v) is 4.18. The Hall–Kier alpha value is -1.61. The lowest BCUT2D eigenvalue weighted by atomic mass is 9.98. The highest BCUT2D eigenvalue weighted by atomic mass is 15.3. The summed E-state index contributed by atoms with van der Waals surface area (Å²) >= 11 is 0. The number of hydrogen-bond acceptors (Lipinski definition) is 2. The zero-order valence-electron chi connectivity index (χ0n) is 13.9. The molecule has 2 aromatic rings. The van der Waals surface area contributed by atoms with Crippen molar-refractivity contribution >= 4 is 0 Å². The summed E-state index contributed by atoms with van der Waals surface area (Å²) in [5.41, 5.74) is 6.28. The van der Waals surface area contributed by atoms with E-state index in [-0.39, 0.29) is 0 Å². The van der Waals surface area contributed by atoms with Crippen molar-refractivity contribution in [3.63, 3.8) is 0 Å². The van der Waals surface area contributed by atoms with Crippen LogP contribution in [0, 0.1) is 13.8 Å². The fraction of sp³-hybridized carbons (Fsp3) is 0.500. The van der Waals surface area contributed by atoms with Crippen LogP contribution < -0.4 is 5.32 Å². The van der Waals surface area contributed by atoms with E-state index in [1.807, 2.05) is 7.05 Å². The van der Waals surface area contributed by atoms with Crippen LogP contribution in [0.25, 0.3) is 11.1 Å². The van der Waals surface area contributed by atoms with Crippen LogP contribution in [-0.4, -0.2) is 16.8 Å². The van der Waals surface area contributed by atoms with Crippen LogP contribution in [0.5, 0.6) is 0 Å². The van der Waals surface area contributed by atoms with Crippen molar-refractivity contribution < 1.29 is 0 Å². The predicted octanol–water partition coefficient (Wildman–Crippen LogP) is 4.25. The molecule has 0 saturated heterocycles. The summed E-state index contributed by atoms with van der Waals surface area (Å²) in [5, 5.41) is 8.02. The van der Waals surface area contributed by atoms with Gasteiger partial charge in [0.1, 0.15) is 0 Å². The number of aryl methyl sites for hydroxylation is 2. The lowest BCUT2D eigenvalue weighted by Gasteiger charge is -2.14. The van der Waals surface area contributed by atoms with E-state index >= 15 is 0 Å². The molecule has 0 fully saturated rings. The number of hydrogen-bond donors (Lipinski definition) is 1. The van der Waals surface area contributed by atoms with Crippen molar-refractivity contribution in [2.24, 2.45) is 0 Å². The number of rotatable bonds is 6. The van der Waals surface area contributed by atoms with E-state index in [0.717, 1.165) is 25.1 Å². The molecule has 0 radical (unpaired) electrons. The first-order chi connectivity index (χ1) is 10.1. The van der Waals surface area contributed by atoms with Crippen molar-refractivity contribution in [1.82, 2.24) is 15.1 Å². The van der Waals surface area contributed by atoms with E-state index in [1.165, 1.54) is 22.4 Å². The molecule has 3 nitrogen and oxygen atoms in total. The summed E-state index contributed by atoms with van der Waals surface area (Å²) in [6.45, 7) is 9.65. The topological polar surface area (TPSA) is 29.9 Å². The van der Waals surface area contributed by atoms with Crippen molar-refractivity contribution in [2.75, 3.05) is 7.05 Å². The molecule has 0 aliphatic carbocycles. The van der Waals surface area contributed by atoms with Crippen LogP contribution in [0.15, 0.2) is 24.3 Å². The van der Waals surface area contributed by atoms with Gasteiger partial charge in [0.15, 0.2) is 0 Å². The summed E-state index contributed by atoms with van der Waals surface area (Å²) < 4.78 is 2.13. The molecule has 21 heavy (non-hydrogen) atoms. The maximum Gasteiger partial charge on any atom is 0.0674 e. The molecule has 0 saturated carbocycles.